The summed E-state index contributed by atoms with van der Waals surface area (Å²) in [5, 5.41) is 7.15. The molecule has 11 heteroatoms. The van der Waals surface area contributed by atoms with Gasteiger partial charge in [0.1, 0.15) is 17.0 Å². The number of piperidine rings is 1. The number of anilines is 1. The fourth-order valence-corrected chi connectivity index (χ4v) is 4.68. The van der Waals surface area contributed by atoms with Crippen LogP contribution in [0, 0.1) is 18.6 Å². The van der Waals surface area contributed by atoms with E-state index in [0.717, 1.165) is 50.5 Å². The number of halogens is 2. The molecule has 1 saturated carbocycles. The Morgan fingerprint density at radius 1 is 1.17 bits per heavy atom. The lowest BCUT2D eigenvalue weighted by atomic mass is 9.97. The molecule has 194 valence electrons. The van der Waals surface area contributed by atoms with Crippen LogP contribution < -0.4 is 16.4 Å². The molecule has 3 heterocycles. The van der Waals surface area contributed by atoms with Gasteiger partial charge in [0.25, 0.3) is 0 Å². The average Bonchev–Trinajstić information content (AvgIpc) is 3.72. The van der Waals surface area contributed by atoms with Crippen molar-refractivity contribution in [3.63, 3.8) is 0 Å². The first-order valence-electron chi connectivity index (χ1n) is 12.2. The molecule has 1 aliphatic carbocycles. The summed E-state index contributed by atoms with van der Waals surface area (Å²) in [6, 6.07) is 4.81. The summed E-state index contributed by atoms with van der Waals surface area (Å²) in [5.74, 6) is -0.793. The van der Waals surface area contributed by atoms with Crippen molar-refractivity contribution in [3.8, 4) is 11.3 Å². The van der Waals surface area contributed by atoms with E-state index in [1.807, 2.05) is 19.9 Å². The van der Waals surface area contributed by atoms with E-state index in [1.54, 1.807) is 6.07 Å². The molecule has 5 rings (SSSR count). The number of aryl methyl sites for hydroxylation is 1. The van der Waals surface area contributed by atoms with Crippen LogP contribution in [0.5, 0.6) is 0 Å². The number of nitrogens with zero attached hydrogens (tertiary/aromatic N) is 3. The first-order valence-corrected chi connectivity index (χ1v) is 13.3. The summed E-state index contributed by atoms with van der Waals surface area (Å²) in [6.07, 6.45) is 5.46. The molecule has 1 aromatic carbocycles. The van der Waals surface area contributed by atoms with E-state index < -0.39 is 22.7 Å². The molecule has 0 radical (unpaired) electrons. The molecule has 2 unspecified atom stereocenters. The highest BCUT2D eigenvalue weighted by atomic mass is 32.2. The summed E-state index contributed by atoms with van der Waals surface area (Å²) < 4.78 is 49.1. The Labute approximate surface area is 211 Å². The van der Waals surface area contributed by atoms with E-state index >= 15 is 0 Å². The Kier molecular flexibility index (Phi) is 8.55. The van der Waals surface area contributed by atoms with Crippen LogP contribution in [0.25, 0.3) is 22.2 Å². The minimum atomic E-state index is -1.76. The second-order valence-electron chi connectivity index (χ2n) is 9.24. The number of aromatic nitrogens is 3. The number of nitrogens with two attached hydrogens (primary N) is 1. The quantitative estimate of drug-likeness (QED) is 0.420. The molecule has 2 atom stereocenters. The zero-order valence-corrected chi connectivity index (χ0v) is 21.2. The number of benzene rings is 1. The van der Waals surface area contributed by atoms with Crippen LogP contribution in [0.3, 0.4) is 0 Å². The zero-order valence-electron chi connectivity index (χ0n) is 20.4. The number of nitrogens with one attached hydrogen (secondary N) is 2. The van der Waals surface area contributed by atoms with E-state index in [1.165, 1.54) is 6.07 Å². The predicted molar refractivity (Wildman–Crippen MR) is 136 cm³/mol. The number of hydrogen-bond acceptors (Lipinski definition) is 8. The highest BCUT2D eigenvalue weighted by Gasteiger charge is 2.21. The Balaban J connectivity index is 0.000000445. The van der Waals surface area contributed by atoms with Crippen LogP contribution in [0.4, 0.5) is 14.7 Å². The third kappa shape index (κ3) is 6.39. The minimum Gasteiger partial charge on any atom is -0.772 e. The van der Waals surface area contributed by atoms with Crippen molar-refractivity contribution in [1.29, 1.82) is 0 Å². The molecule has 0 bridgehead atoms. The van der Waals surface area contributed by atoms with E-state index in [4.69, 9.17) is 5.73 Å². The lowest BCUT2D eigenvalue weighted by Gasteiger charge is -2.23. The van der Waals surface area contributed by atoms with Crippen LogP contribution >= 0.6 is 0 Å². The van der Waals surface area contributed by atoms with E-state index in [-0.39, 0.29) is 28.5 Å². The second-order valence-corrected chi connectivity index (χ2v) is 10.4. The summed E-state index contributed by atoms with van der Waals surface area (Å²) >= 11 is -1.76. The average molecular weight is 518 g/mol. The first kappa shape index (κ1) is 26.5. The molecule has 1 aliphatic heterocycles. The lowest BCUT2D eigenvalue weighted by Crippen LogP contribution is -2.35. The third-order valence-electron chi connectivity index (χ3n) is 6.35. The molecule has 2 fully saturated rings. The predicted octanol–water partition coefficient (Wildman–Crippen LogP) is 3.88. The van der Waals surface area contributed by atoms with Gasteiger partial charge in [-0.05, 0) is 75.9 Å². The van der Waals surface area contributed by atoms with Crippen molar-refractivity contribution in [1.82, 2.24) is 20.3 Å². The molecule has 0 spiro atoms. The highest BCUT2D eigenvalue weighted by Crippen LogP contribution is 2.32. The van der Waals surface area contributed by atoms with Gasteiger partial charge < -0.3 is 20.9 Å². The molecule has 0 amide bonds. The number of pyridine rings is 1. The smallest absolute Gasteiger partial charge is 0.223 e. The molecule has 3 aromatic rings. The van der Waals surface area contributed by atoms with Gasteiger partial charge in [-0.1, -0.05) is 18.0 Å². The number of hydrogen-bond donors (Lipinski definition) is 3. The minimum absolute atomic E-state index is 0.0185. The Morgan fingerprint density at radius 3 is 2.50 bits per heavy atom. The third-order valence-corrected chi connectivity index (χ3v) is 7.37. The fraction of sp³-hybridized carbons (Fsp3) is 0.480. The maximum atomic E-state index is 15.0. The van der Waals surface area contributed by atoms with Gasteiger partial charge in [-0.25, -0.2) is 18.7 Å². The maximum Gasteiger partial charge on any atom is 0.223 e. The van der Waals surface area contributed by atoms with Crippen LogP contribution in [0.15, 0.2) is 24.4 Å². The first-order chi connectivity index (χ1) is 17.3. The standard InChI is InChI=1S/C22H26F2N6.C3H6O2S/c1-3-19(25)15-8-12(2)28-21-16(15)9-13(10-17(21)23)20-18(24)11-27-22(30-20)29-14-4-6-26-7-5-14;4-6(5)3-1-2-3/h8-11,14,19,26H,3-7,25H2,1-2H3,(H,27,29,30);3H,1-2H2,(H,4,5)/p-1. The SMILES string of the molecule is CCC(N)c1cc(C)nc2c(F)cc(-c3nc(NC4CCNCC4)ncc3F)cc12.O=S([O-])C1CC1. The van der Waals surface area contributed by atoms with Gasteiger partial charge in [0.2, 0.25) is 5.95 Å². The van der Waals surface area contributed by atoms with Crippen molar-refractivity contribution < 1.29 is 17.5 Å². The largest absolute Gasteiger partial charge is 0.772 e. The molecular formula is C25H31F2N6O2S-. The van der Waals surface area contributed by atoms with Crippen molar-refractivity contribution in [2.24, 2.45) is 5.73 Å². The van der Waals surface area contributed by atoms with Crippen molar-refractivity contribution in [3.05, 3.63) is 47.3 Å². The van der Waals surface area contributed by atoms with Gasteiger partial charge in [-0.15, -0.1) is 0 Å². The van der Waals surface area contributed by atoms with Crippen LogP contribution in [-0.4, -0.2) is 48.1 Å². The molecule has 4 N–H and O–H groups in total. The fourth-order valence-electron chi connectivity index (χ4n) is 4.16. The van der Waals surface area contributed by atoms with Gasteiger partial charge in [0, 0.05) is 34.0 Å². The zero-order chi connectivity index (χ0) is 25.8. The van der Waals surface area contributed by atoms with E-state index in [0.29, 0.717) is 29.0 Å². The maximum absolute atomic E-state index is 15.0. The Morgan fingerprint density at radius 2 is 1.89 bits per heavy atom. The second kappa shape index (κ2) is 11.6. The molecule has 2 aliphatic rings. The summed E-state index contributed by atoms with van der Waals surface area (Å²) in [5.41, 5.74) is 8.37. The van der Waals surface area contributed by atoms with Gasteiger partial charge in [-0.2, -0.15) is 0 Å². The summed E-state index contributed by atoms with van der Waals surface area (Å²) in [6.45, 7) is 5.60. The molecular weight excluding hydrogens is 486 g/mol. The van der Waals surface area contributed by atoms with Crippen molar-refractivity contribution >= 4 is 27.9 Å². The van der Waals surface area contributed by atoms with Gasteiger partial charge in [-0.3, -0.25) is 9.19 Å². The molecule has 8 nitrogen and oxygen atoms in total. The summed E-state index contributed by atoms with van der Waals surface area (Å²) in [7, 11) is 0. The number of fused-ring (bicyclic) bond motifs is 1. The van der Waals surface area contributed by atoms with Gasteiger partial charge >= 0.3 is 0 Å². The van der Waals surface area contributed by atoms with E-state index in [9.17, 15) is 17.5 Å². The van der Waals surface area contributed by atoms with E-state index in [2.05, 4.69) is 25.6 Å². The van der Waals surface area contributed by atoms with Crippen molar-refractivity contribution in [2.75, 3.05) is 18.4 Å². The lowest BCUT2D eigenvalue weighted by molar-refractivity contribution is 0.477. The van der Waals surface area contributed by atoms with Gasteiger partial charge in [0.05, 0.1) is 6.20 Å². The van der Waals surface area contributed by atoms with Crippen LogP contribution in [0.2, 0.25) is 0 Å². The summed E-state index contributed by atoms with van der Waals surface area (Å²) in [4.78, 5) is 12.8. The van der Waals surface area contributed by atoms with Gasteiger partial charge in [0.15, 0.2) is 5.82 Å². The van der Waals surface area contributed by atoms with Crippen LogP contribution in [-0.2, 0) is 11.1 Å². The molecule has 1 saturated heterocycles. The topological polar surface area (TPSA) is 129 Å². The number of rotatable bonds is 6. The Hall–Kier alpha value is -2.60. The van der Waals surface area contributed by atoms with Crippen molar-refractivity contribution in [2.45, 2.75) is 63.3 Å². The Bertz CT molecular complexity index is 1250. The highest BCUT2D eigenvalue weighted by molar-refractivity contribution is 7.80. The monoisotopic (exact) mass is 517 g/mol. The molecule has 36 heavy (non-hydrogen) atoms. The normalized spacial score (nSPS) is 17.8. The van der Waals surface area contributed by atoms with Crippen LogP contribution in [0.1, 0.15) is 56.3 Å². The molecule has 2 aromatic heterocycles.